The van der Waals surface area contributed by atoms with Crippen LogP contribution in [0.5, 0.6) is 0 Å². The summed E-state index contributed by atoms with van der Waals surface area (Å²) in [7, 11) is 0. The van der Waals surface area contributed by atoms with E-state index >= 15 is 0 Å². The normalized spacial score (nSPS) is 16.0. The molecule has 0 atom stereocenters. The van der Waals surface area contributed by atoms with Crippen LogP contribution in [-0.4, -0.2) is 38.6 Å². The Hall–Kier alpha value is -1.22. The van der Waals surface area contributed by atoms with Crippen molar-refractivity contribution >= 4 is 17.4 Å². The van der Waals surface area contributed by atoms with Gasteiger partial charge in [-0.25, -0.2) is 0 Å². The Kier molecular flexibility index (Phi) is 6.37. The zero-order valence-corrected chi connectivity index (χ0v) is 13.4. The van der Waals surface area contributed by atoms with Crippen LogP contribution in [0, 0.1) is 11.3 Å². The Morgan fingerprint density at radius 3 is 2.81 bits per heavy atom. The van der Waals surface area contributed by atoms with Crippen LogP contribution in [-0.2, 0) is 4.74 Å². The molecule has 0 aliphatic carbocycles. The molecule has 21 heavy (non-hydrogen) atoms. The Balaban J connectivity index is 1.98. The highest BCUT2D eigenvalue weighted by Gasteiger charge is 2.22. The number of piperidine rings is 1. The summed E-state index contributed by atoms with van der Waals surface area (Å²) < 4.78 is 5.83. The maximum absolute atomic E-state index is 9.43. The standard InChI is InChI=1S/C16H23N3OS/c1-21-16-5-2-4-15(14(16)12-18)19-9-6-13(7-10-19)20-11-3-8-17/h2,4-5,13H,3,6-11,17H2,1H3. The Morgan fingerprint density at radius 1 is 1.43 bits per heavy atom. The minimum Gasteiger partial charge on any atom is -0.378 e. The van der Waals surface area contributed by atoms with Crippen molar-refractivity contribution in [3.8, 4) is 6.07 Å². The lowest BCUT2D eigenvalue weighted by molar-refractivity contribution is 0.0366. The van der Waals surface area contributed by atoms with E-state index in [1.54, 1.807) is 11.8 Å². The van der Waals surface area contributed by atoms with Gasteiger partial charge in [0.15, 0.2) is 0 Å². The van der Waals surface area contributed by atoms with E-state index < -0.39 is 0 Å². The Morgan fingerprint density at radius 2 is 2.19 bits per heavy atom. The van der Waals surface area contributed by atoms with Crippen molar-refractivity contribution in [2.45, 2.75) is 30.3 Å². The first-order valence-corrected chi connectivity index (χ1v) is 8.66. The van der Waals surface area contributed by atoms with Crippen LogP contribution in [0.25, 0.3) is 0 Å². The van der Waals surface area contributed by atoms with Gasteiger partial charge in [-0.15, -0.1) is 11.8 Å². The largest absolute Gasteiger partial charge is 0.378 e. The molecule has 0 unspecified atom stereocenters. The van der Waals surface area contributed by atoms with E-state index in [1.165, 1.54) is 0 Å². The predicted molar refractivity (Wildman–Crippen MR) is 87.8 cm³/mol. The predicted octanol–water partition coefficient (Wildman–Crippen LogP) is 2.61. The quantitative estimate of drug-likeness (QED) is 0.646. The number of nitriles is 1. The van der Waals surface area contributed by atoms with Crippen molar-refractivity contribution in [1.29, 1.82) is 5.26 Å². The fraction of sp³-hybridized carbons (Fsp3) is 0.562. The number of ether oxygens (including phenoxy) is 1. The fourth-order valence-corrected chi connectivity index (χ4v) is 3.23. The molecule has 1 fully saturated rings. The lowest BCUT2D eigenvalue weighted by Crippen LogP contribution is -2.37. The second-order valence-electron chi connectivity index (χ2n) is 5.17. The summed E-state index contributed by atoms with van der Waals surface area (Å²) in [6, 6.07) is 8.45. The maximum Gasteiger partial charge on any atom is 0.103 e. The molecule has 0 radical (unpaired) electrons. The van der Waals surface area contributed by atoms with Gasteiger partial charge in [0.25, 0.3) is 0 Å². The average Bonchev–Trinajstić information content (AvgIpc) is 2.55. The Bertz CT molecular complexity index is 493. The summed E-state index contributed by atoms with van der Waals surface area (Å²) in [4.78, 5) is 3.36. The van der Waals surface area contributed by atoms with Gasteiger partial charge >= 0.3 is 0 Å². The molecule has 2 rings (SSSR count). The lowest BCUT2D eigenvalue weighted by atomic mass is 10.1. The molecule has 0 bridgehead atoms. The van der Waals surface area contributed by atoms with Crippen molar-refractivity contribution < 1.29 is 4.74 Å². The molecule has 0 saturated carbocycles. The molecule has 0 spiro atoms. The molecule has 1 aromatic carbocycles. The van der Waals surface area contributed by atoms with Gasteiger partial charge in [0.05, 0.1) is 17.4 Å². The number of rotatable bonds is 6. The van der Waals surface area contributed by atoms with Gasteiger partial charge in [0, 0.05) is 24.6 Å². The van der Waals surface area contributed by atoms with Crippen molar-refractivity contribution in [2.24, 2.45) is 5.73 Å². The first-order chi connectivity index (χ1) is 10.3. The summed E-state index contributed by atoms with van der Waals surface area (Å²) in [6.07, 6.45) is 5.30. The number of anilines is 1. The summed E-state index contributed by atoms with van der Waals surface area (Å²) >= 11 is 1.63. The minimum absolute atomic E-state index is 0.335. The second-order valence-corrected chi connectivity index (χ2v) is 6.01. The van der Waals surface area contributed by atoms with Gasteiger partial charge < -0.3 is 15.4 Å². The molecule has 5 heteroatoms. The van der Waals surface area contributed by atoms with Crippen LogP contribution in [0.4, 0.5) is 5.69 Å². The van der Waals surface area contributed by atoms with E-state index in [2.05, 4.69) is 11.0 Å². The first-order valence-electron chi connectivity index (χ1n) is 7.44. The van der Waals surface area contributed by atoms with Crippen molar-refractivity contribution in [3.63, 3.8) is 0 Å². The van der Waals surface area contributed by atoms with Crippen molar-refractivity contribution in [3.05, 3.63) is 23.8 Å². The molecular formula is C16H23N3OS. The monoisotopic (exact) mass is 305 g/mol. The van der Waals surface area contributed by atoms with E-state index in [4.69, 9.17) is 10.5 Å². The second kappa shape index (κ2) is 8.28. The molecule has 1 saturated heterocycles. The third-order valence-corrected chi connectivity index (χ3v) is 4.60. The molecule has 4 nitrogen and oxygen atoms in total. The first kappa shape index (κ1) is 16.2. The number of hydrogen-bond acceptors (Lipinski definition) is 5. The van der Waals surface area contributed by atoms with E-state index in [9.17, 15) is 5.26 Å². The van der Waals surface area contributed by atoms with Crippen molar-refractivity contribution in [2.75, 3.05) is 37.4 Å². The van der Waals surface area contributed by atoms with Gasteiger partial charge in [0.1, 0.15) is 6.07 Å². The highest BCUT2D eigenvalue weighted by atomic mass is 32.2. The summed E-state index contributed by atoms with van der Waals surface area (Å²) in [5.41, 5.74) is 7.34. The SMILES string of the molecule is CSc1cccc(N2CCC(OCCCN)CC2)c1C#N. The van der Waals surface area contributed by atoms with Crippen LogP contribution < -0.4 is 10.6 Å². The van der Waals surface area contributed by atoms with Gasteiger partial charge in [-0.1, -0.05) is 6.07 Å². The van der Waals surface area contributed by atoms with E-state index in [1.807, 2.05) is 24.5 Å². The molecule has 114 valence electrons. The fourth-order valence-electron chi connectivity index (χ4n) is 2.66. The number of nitrogens with zero attached hydrogens (tertiary/aromatic N) is 2. The number of nitrogens with two attached hydrogens (primary N) is 1. The minimum atomic E-state index is 0.335. The summed E-state index contributed by atoms with van der Waals surface area (Å²) in [6.45, 7) is 3.33. The molecular weight excluding hydrogens is 282 g/mol. The highest BCUT2D eigenvalue weighted by molar-refractivity contribution is 7.98. The van der Waals surface area contributed by atoms with Crippen LogP contribution in [0.3, 0.4) is 0 Å². The number of thioether (sulfide) groups is 1. The van der Waals surface area contributed by atoms with Crippen LogP contribution in [0.2, 0.25) is 0 Å². The van der Waals surface area contributed by atoms with E-state index in [-0.39, 0.29) is 0 Å². The van der Waals surface area contributed by atoms with Gasteiger partial charge in [0.2, 0.25) is 0 Å². The third-order valence-electron chi connectivity index (χ3n) is 3.82. The maximum atomic E-state index is 9.43. The molecule has 0 amide bonds. The summed E-state index contributed by atoms with van der Waals surface area (Å²) in [5.74, 6) is 0. The molecule has 2 N–H and O–H groups in total. The van der Waals surface area contributed by atoms with Crippen LogP contribution in [0.15, 0.2) is 23.1 Å². The smallest absolute Gasteiger partial charge is 0.103 e. The molecule has 0 aromatic heterocycles. The zero-order valence-electron chi connectivity index (χ0n) is 12.5. The van der Waals surface area contributed by atoms with Crippen LogP contribution in [0.1, 0.15) is 24.8 Å². The van der Waals surface area contributed by atoms with Gasteiger partial charge in [-0.3, -0.25) is 0 Å². The number of hydrogen-bond donors (Lipinski definition) is 1. The Labute approximate surface area is 131 Å². The molecule has 1 aromatic rings. The lowest BCUT2D eigenvalue weighted by Gasteiger charge is -2.34. The average molecular weight is 305 g/mol. The van der Waals surface area contributed by atoms with Gasteiger partial charge in [-0.2, -0.15) is 5.26 Å². The third kappa shape index (κ3) is 4.13. The molecule has 1 aliphatic heterocycles. The van der Waals surface area contributed by atoms with E-state index in [0.29, 0.717) is 12.6 Å². The topological polar surface area (TPSA) is 62.3 Å². The van der Waals surface area contributed by atoms with Crippen LogP contribution >= 0.6 is 11.8 Å². The zero-order chi connectivity index (χ0) is 15.1. The summed E-state index contributed by atoms with van der Waals surface area (Å²) in [5, 5.41) is 9.43. The van der Waals surface area contributed by atoms with Crippen molar-refractivity contribution in [1.82, 2.24) is 0 Å². The molecule has 1 aliphatic rings. The molecule has 1 heterocycles. The number of benzene rings is 1. The van der Waals surface area contributed by atoms with E-state index in [0.717, 1.165) is 55.1 Å². The highest BCUT2D eigenvalue weighted by Crippen LogP contribution is 2.31. The van der Waals surface area contributed by atoms with Gasteiger partial charge in [-0.05, 0) is 44.2 Å².